The van der Waals surface area contributed by atoms with Crippen LogP contribution in [-0.2, 0) is 11.2 Å². The molecule has 102 valence electrons. The van der Waals surface area contributed by atoms with Crippen LogP contribution in [0, 0.1) is 5.82 Å². The summed E-state index contributed by atoms with van der Waals surface area (Å²) in [6, 6.07) is 3.40. The lowest BCUT2D eigenvalue weighted by molar-refractivity contribution is -0.117. The van der Waals surface area contributed by atoms with Crippen LogP contribution in [0.1, 0.15) is 25.3 Å². The molecule has 0 bridgehead atoms. The van der Waals surface area contributed by atoms with Crippen molar-refractivity contribution < 1.29 is 14.3 Å². The van der Waals surface area contributed by atoms with Crippen molar-refractivity contribution in [2.45, 2.75) is 38.3 Å². The maximum absolute atomic E-state index is 14.2. The molecule has 0 saturated heterocycles. The van der Waals surface area contributed by atoms with Crippen molar-refractivity contribution in [3.05, 3.63) is 23.5 Å². The fourth-order valence-electron chi connectivity index (χ4n) is 2.52. The number of nitrogens with zero attached hydrogens (tertiary/aromatic N) is 1. The smallest absolute Gasteiger partial charge is 0.231 e. The van der Waals surface area contributed by atoms with Crippen LogP contribution in [-0.4, -0.2) is 29.7 Å². The predicted molar refractivity (Wildman–Crippen MR) is 70.8 cm³/mol. The van der Waals surface area contributed by atoms with Gasteiger partial charge >= 0.3 is 0 Å². The number of aliphatic hydroxyl groups excluding tert-OH is 1. The van der Waals surface area contributed by atoms with E-state index in [9.17, 15) is 14.3 Å². The van der Waals surface area contributed by atoms with Crippen LogP contribution in [0.3, 0.4) is 0 Å². The third-order valence-corrected chi connectivity index (χ3v) is 3.51. The fourth-order valence-corrected chi connectivity index (χ4v) is 2.52. The van der Waals surface area contributed by atoms with Gasteiger partial charge in [0.15, 0.2) is 0 Å². The second-order valence-electron chi connectivity index (χ2n) is 5.37. The van der Waals surface area contributed by atoms with Crippen LogP contribution >= 0.6 is 0 Å². The molecule has 0 unspecified atom stereocenters. The summed E-state index contributed by atoms with van der Waals surface area (Å²) in [6.07, 6.45) is 1.70. The summed E-state index contributed by atoms with van der Waals surface area (Å²) in [5, 5.41) is 12.2. The van der Waals surface area contributed by atoms with E-state index >= 15 is 0 Å². The van der Waals surface area contributed by atoms with Crippen molar-refractivity contribution in [1.82, 2.24) is 0 Å². The number of nitrogens with one attached hydrogen (secondary N) is 1. The first-order chi connectivity index (χ1) is 9.06. The van der Waals surface area contributed by atoms with Gasteiger partial charge in [-0.3, -0.25) is 4.79 Å². The number of halogens is 1. The third kappa shape index (κ3) is 2.30. The summed E-state index contributed by atoms with van der Waals surface area (Å²) in [4.78, 5) is 13.6. The Bertz CT molecular complexity index is 526. The van der Waals surface area contributed by atoms with E-state index in [4.69, 9.17) is 0 Å². The quantitative estimate of drug-likeness (QED) is 0.869. The largest absolute Gasteiger partial charge is 0.392 e. The predicted octanol–water partition coefficient (Wildman–Crippen LogP) is 1.67. The van der Waals surface area contributed by atoms with Crippen LogP contribution in [0.4, 0.5) is 15.8 Å². The third-order valence-electron chi connectivity index (χ3n) is 3.51. The van der Waals surface area contributed by atoms with E-state index in [-0.39, 0.29) is 24.2 Å². The number of aliphatic hydroxyl groups is 1. The van der Waals surface area contributed by atoms with Gasteiger partial charge in [0.25, 0.3) is 0 Å². The summed E-state index contributed by atoms with van der Waals surface area (Å²) in [5.74, 6) is -0.368. The molecule has 2 aliphatic rings. The van der Waals surface area contributed by atoms with E-state index in [1.165, 1.54) is 6.07 Å². The van der Waals surface area contributed by atoms with Crippen LogP contribution in [0.2, 0.25) is 0 Å². The average molecular weight is 264 g/mol. The summed E-state index contributed by atoms with van der Waals surface area (Å²) in [7, 11) is 0. The highest BCUT2D eigenvalue weighted by Crippen LogP contribution is 2.41. The molecule has 0 aromatic heterocycles. The van der Waals surface area contributed by atoms with Gasteiger partial charge in [0, 0.05) is 18.3 Å². The zero-order valence-electron chi connectivity index (χ0n) is 10.8. The maximum Gasteiger partial charge on any atom is 0.231 e. The molecule has 3 rings (SSSR count). The van der Waals surface area contributed by atoms with Crippen LogP contribution in [0.15, 0.2) is 12.1 Å². The number of hydrogen-bond acceptors (Lipinski definition) is 3. The van der Waals surface area contributed by atoms with E-state index in [2.05, 4.69) is 5.32 Å². The number of benzene rings is 1. The molecule has 1 aliphatic heterocycles. The molecule has 0 radical (unpaired) electrons. The van der Waals surface area contributed by atoms with Gasteiger partial charge in [-0.15, -0.1) is 0 Å². The first-order valence-corrected chi connectivity index (χ1v) is 6.62. The monoisotopic (exact) mass is 264 g/mol. The van der Waals surface area contributed by atoms with E-state index in [1.54, 1.807) is 17.9 Å². The van der Waals surface area contributed by atoms with E-state index in [0.717, 1.165) is 18.4 Å². The number of carbonyl (C=O) groups excluding carboxylic acids is 1. The minimum atomic E-state index is -0.499. The summed E-state index contributed by atoms with van der Waals surface area (Å²) in [6.45, 7) is 2.02. The van der Waals surface area contributed by atoms with Crippen LogP contribution in [0.25, 0.3) is 0 Å². The second kappa shape index (κ2) is 4.49. The van der Waals surface area contributed by atoms with Crippen molar-refractivity contribution in [2.24, 2.45) is 0 Å². The molecule has 1 aromatic rings. The Hall–Kier alpha value is -1.62. The van der Waals surface area contributed by atoms with Crippen molar-refractivity contribution >= 4 is 17.3 Å². The lowest BCUT2D eigenvalue weighted by Crippen LogP contribution is -2.29. The van der Waals surface area contributed by atoms with Crippen molar-refractivity contribution in [3.8, 4) is 0 Å². The molecule has 1 atom stereocenters. The molecule has 1 fully saturated rings. The second-order valence-corrected chi connectivity index (χ2v) is 5.37. The molecule has 2 N–H and O–H groups in total. The lowest BCUT2D eigenvalue weighted by Gasteiger charge is -2.18. The molecule has 1 saturated carbocycles. The zero-order valence-corrected chi connectivity index (χ0v) is 10.8. The molecule has 4 nitrogen and oxygen atoms in total. The van der Waals surface area contributed by atoms with Gasteiger partial charge in [-0.1, -0.05) is 0 Å². The first kappa shape index (κ1) is 12.4. The Labute approximate surface area is 111 Å². The molecule has 1 aromatic carbocycles. The zero-order chi connectivity index (χ0) is 13.6. The minimum Gasteiger partial charge on any atom is -0.392 e. The number of rotatable bonds is 4. The minimum absolute atomic E-state index is 0.0101. The van der Waals surface area contributed by atoms with E-state index in [1.807, 2.05) is 0 Å². The summed E-state index contributed by atoms with van der Waals surface area (Å²) >= 11 is 0. The van der Waals surface area contributed by atoms with Gasteiger partial charge in [0.05, 0.1) is 18.2 Å². The topological polar surface area (TPSA) is 52.6 Å². The van der Waals surface area contributed by atoms with Crippen LogP contribution < -0.4 is 10.2 Å². The number of fused-ring (bicyclic) bond motifs is 1. The van der Waals surface area contributed by atoms with Gasteiger partial charge in [0.2, 0.25) is 5.91 Å². The molecule has 0 spiro atoms. The van der Waals surface area contributed by atoms with E-state index in [0.29, 0.717) is 17.9 Å². The standard InChI is InChI=1S/C14H17FN2O2/c1-8(18)7-16-10-4-9-5-13(19)17(11-2-3-11)14(9)12(15)6-10/h4,6,8,11,16,18H,2-3,5,7H2,1H3/t8-/m1/s1. The van der Waals surface area contributed by atoms with Gasteiger partial charge in [0.1, 0.15) is 5.82 Å². The molecule has 1 amide bonds. The fraction of sp³-hybridized carbons (Fsp3) is 0.500. The average Bonchev–Trinajstić information content (AvgIpc) is 3.10. The summed E-state index contributed by atoms with van der Waals surface area (Å²) < 4.78 is 14.2. The Balaban J connectivity index is 1.89. The molecule has 1 aliphatic carbocycles. The molecular weight excluding hydrogens is 247 g/mol. The number of amides is 1. The maximum atomic E-state index is 14.2. The molecule has 19 heavy (non-hydrogen) atoms. The number of anilines is 2. The highest BCUT2D eigenvalue weighted by molar-refractivity contribution is 6.02. The van der Waals surface area contributed by atoms with Crippen molar-refractivity contribution in [1.29, 1.82) is 0 Å². The highest BCUT2D eigenvalue weighted by atomic mass is 19.1. The lowest BCUT2D eigenvalue weighted by atomic mass is 10.1. The first-order valence-electron chi connectivity index (χ1n) is 6.62. The van der Waals surface area contributed by atoms with Crippen LogP contribution in [0.5, 0.6) is 0 Å². The van der Waals surface area contributed by atoms with Gasteiger partial charge in [-0.25, -0.2) is 4.39 Å². The Kier molecular flexibility index (Phi) is 2.93. The van der Waals surface area contributed by atoms with Gasteiger partial charge < -0.3 is 15.3 Å². The Morgan fingerprint density at radius 2 is 2.26 bits per heavy atom. The molecule has 1 heterocycles. The number of hydrogen-bond donors (Lipinski definition) is 2. The highest BCUT2D eigenvalue weighted by Gasteiger charge is 2.40. The summed E-state index contributed by atoms with van der Waals surface area (Å²) in [5.41, 5.74) is 1.81. The number of carbonyl (C=O) groups is 1. The Morgan fingerprint density at radius 3 is 2.89 bits per heavy atom. The van der Waals surface area contributed by atoms with Crippen molar-refractivity contribution in [2.75, 3.05) is 16.8 Å². The normalized spacial score (nSPS) is 19.5. The van der Waals surface area contributed by atoms with Gasteiger partial charge in [-0.2, -0.15) is 0 Å². The molecule has 5 heteroatoms. The molecular formula is C14H17FN2O2. The Morgan fingerprint density at radius 1 is 1.53 bits per heavy atom. The van der Waals surface area contributed by atoms with Crippen molar-refractivity contribution in [3.63, 3.8) is 0 Å². The SMILES string of the molecule is C[C@@H](O)CNc1cc(F)c2c(c1)CC(=O)N2C1CC1. The van der Waals surface area contributed by atoms with E-state index < -0.39 is 6.10 Å². The van der Waals surface area contributed by atoms with Gasteiger partial charge in [-0.05, 0) is 37.5 Å².